The van der Waals surface area contributed by atoms with E-state index in [2.05, 4.69) is 26.3 Å². The fourth-order valence-electron chi connectivity index (χ4n) is 5.95. The van der Waals surface area contributed by atoms with Gasteiger partial charge in [0.15, 0.2) is 0 Å². The van der Waals surface area contributed by atoms with Gasteiger partial charge in [0.25, 0.3) is 0 Å². The molecule has 0 unspecified atom stereocenters. The lowest BCUT2D eigenvalue weighted by atomic mass is 9.85. The van der Waals surface area contributed by atoms with Gasteiger partial charge in [-0.2, -0.15) is 0 Å². The minimum Gasteiger partial charge on any atom is -0.379 e. The predicted molar refractivity (Wildman–Crippen MR) is 214 cm³/mol. The Kier molecular flexibility index (Phi) is 21.6. The number of likely N-dealkylation sites (tertiary alicyclic amines) is 1. The number of nitrogens with one attached hydrogen (secondary N) is 4. The van der Waals surface area contributed by atoms with E-state index < -0.39 is 11.5 Å². The zero-order chi connectivity index (χ0) is 40.6. The van der Waals surface area contributed by atoms with Gasteiger partial charge in [0.2, 0.25) is 30.0 Å². The largest absolute Gasteiger partial charge is 0.379 e. The molecule has 16 heteroatoms. The number of carbonyl (C=O) groups excluding carboxylic acids is 5. The van der Waals surface area contributed by atoms with Crippen LogP contribution in [0.1, 0.15) is 70.6 Å². The van der Waals surface area contributed by atoms with Gasteiger partial charge in [-0.25, -0.2) is 4.98 Å². The molecule has 0 aliphatic carbocycles. The lowest BCUT2D eigenvalue weighted by Crippen LogP contribution is -2.54. The van der Waals surface area contributed by atoms with E-state index in [1.54, 1.807) is 16.2 Å². The van der Waals surface area contributed by atoms with Gasteiger partial charge in [-0.05, 0) is 42.7 Å². The van der Waals surface area contributed by atoms with Crippen molar-refractivity contribution < 1.29 is 42.9 Å². The van der Waals surface area contributed by atoms with Crippen molar-refractivity contribution in [3.8, 4) is 10.4 Å². The maximum absolute atomic E-state index is 13.6. The Morgan fingerprint density at radius 2 is 1.52 bits per heavy atom. The molecule has 1 fully saturated rings. The van der Waals surface area contributed by atoms with Gasteiger partial charge in [0.1, 0.15) is 6.04 Å². The van der Waals surface area contributed by atoms with Crippen molar-refractivity contribution in [2.75, 3.05) is 79.0 Å². The van der Waals surface area contributed by atoms with Gasteiger partial charge in [-0.1, -0.05) is 51.5 Å². The van der Waals surface area contributed by atoms with Gasteiger partial charge < -0.3 is 45.1 Å². The van der Waals surface area contributed by atoms with Crippen molar-refractivity contribution in [2.45, 2.75) is 78.8 Å². The Bertz CT molecular complexity index is 1480. The summed E-state index contributed by atoms with van der Waals surface area (Å²) in [5.41, 5.74) is 4.40. The molecule has 312 valence electrons. The molecule has 1 aromatic heterocycles. The van der Waals surface area contributed by atoms with Crippen molar-refractivity contribution in [1.82, 2.24) is 31.2 Å². The second-order valence-electron chi connectivity index (χ2n) is 14.8. The number of hydrogen-bond donors (Lipinski definition) is 4. The number of aromatic nitrogens is 1. The third kappa shape index (κ3) is 17.9. The molecule has 1 aromatic carbocycles. The van der Waals surface area contributed by atoms with E-state index >= 15 is 0 Å². The Morgan fingerprint density at radius 3 is 2.14 bits per heavy atom. The normalized spacial score (nSPS) is 14.6. The number of ether oxygens (including phenoxy) is 4. The maximum Gasteiger partial charge on any atom is 0.245 e. The van der Waals surface area contributed by atoms with Crippen LogP contribution in [0.15, 0.2) is 29.8 Å². The summed E-state index contributed by atoms with van der Waals surface area (Å²) >= 11 is 1.60. The summed E-state index contributed by atoms with van der Waals surface area (Å²) in [5.74, 6) is -0.870. The first-order chi connectivity index (χ1) is 27.0. The van der Waals surface area contributed by atoms with Crippen LogP contribution in [-0.2, 0) is 49.5 Å². The molecule has 0 spiro atoms. The second kappa shape index (κ2) is 26.1. The van der Waals surface area contributed by atoms with Crippen LogP contribution in [0, 0.1) is 18.3 Å². The molecule has 1 saturated heterocycles. The summed E-state index contributed by atoms with van der Waals surface area (Å²) in [7, 11) is 0. The molecule has 0 radical (unpaired) electrons. The first-order valence-corrected chi connectivity index (χ1v) is 20.5. The van der Waals surface area contributed by atoms with Crippen LogP contribution in [0.4, 0.5) is 0 Å². The first-order valence-electron chi connectivity index (χ1n) is 19.6. The zero-order valence-electron chi connectivity index (χ0n) is 33.5. The molecule has 0 bridgehead atoms. The number of hydrogen-bond acceptors (Lipinski definition) is 11. The smallest absolute Gasteiger partial charge is 0.245 e. The number of carbonyl (C=O) groups is 5. The minimum absolute atomic E-state index is 0.00723. The van der Waals surface area contributed by atoms with Crippen molar-refractivity contribution in [3.05, 3.63) is 41.0 Å². The molecular formula is C40H62N6O9S. The standard InChI is InChI=1S/C40H62N6O9S/c1-30-36(56-29-44-30)32-11-9-31(10-12-32)26-43-38(50)33-13-17-46(27-33)39(51)37(40(2,3)4)45-35(49)14-18-52-20-22-54-24-25-55-23-21-53-19-16-42-34(48)8-6-5-7-15-41-28-47/h9-12,28-29,33,37H,5-8,13-27H2,1-4H3,(H,41,47)(H,42,48)(H,43,50)(H,45,49)/t33-,37-/m0/s1. The summed E-state index contributed by atoms with van der Waals surface area (Å²) in [5, 5.41) is 11.3. The quantitative estimate of drug-likeness (QED) is 0.0737. The Morgan fingerprint density at radius 1 is 0.857 bits per heavy atom. The number of unbranched alkanes of at least 4 members (excludes halogenated alkanes) is 2. The van der Waals surface area contributed by atoms with Crippen molar-refractivity contribution in [1.29, 1.82) is 0 Å². The van der Waals surface area contributed by atoms with E-state index in [1.165, 1.54) is 0 Å². The lowest BCUT2D eigenvalue weighted by Gasteiger charge is -2.33. The molecule has 4 N–H and O–H groups in total. The zero-order valence-corrected chi connectivity index (χ0v) is 34.3. The molecule has 1 aliphatic rings. The fraction of sp³-hybridized carbons (Fsp3) is 0.650. The number of amides is 5. The Balaban J connectivity index is 1.19. The highest BCUT2D eigenvalue weighted by Crippen LogP contribution is 2.28. The fourth-order valence-corrected chi connectivity index (χ4v) is 6.76. The van der Waals surface area contributed by atoms with E-state index in [0.717, 1.165) is 41.0 Å². The average molecular weight is 803 g/mol. The molecule has 56 heavy (non-hydrogen) atoms. The summed E-state index contributed by atoms with van der Waals surface area (Å²) in [6, 6.07) is 7.35. The molecule has 0 saturated carbocycles. The van der Waals surface area contributed by atoms with Crippen LogP contribution in [0.5, 0.6) is 0 Å². The molecule has 15 nitrogen and oxygen atoms in total. The molecule has 3 rings (SSSR count). The monoisotopic (exact) mass is 802 g/mol. The predicted octanol–water partition coefficient (Wildman–Crippen LogP) is 2.99. The molecule has 2 heterocycles. The Hall–Kier alpha value is -3.96. The van der Waals surface area contributed by atoms with Crippen LogP contribution >= 0.6 is 11.3 Å². The van der Waals surface area contributed by atoms with Crippen LogP contribution < -0.4 is 21.3 Å². The molecule has 5 amide bonds. The average Bonchev–Trinajstić information content (AvgIpc) is 3.85. The van der Waals surface area contributed by atoms with E-state index in [-0.39, 0.29) is 42.6 Å². The van der Waals surface area contributed by atoms with Gasteiger partial charge in [-0.3, -0.25) is 24.0 Å². The van der Waals surface area contributed by atoms with Crippen molar-refractivity contribution in [3.63, 3.8) is 0 Å². The van der Waals surface area contributed by atoms with Crippen LogP contribution in [-0.4, -0.2) is 125 Å². The number of nitrogens with zero attached hydrogens (tertiary/aromatic N) is 2. The maximum atomic E-state index is 13.6. The van der Waals surface area contributed by atoms with Gasteiger partial charge in [0.05, 0.1) is 74.9 Å². The summed E-state index contributed by atoms with van der Waals surface area (Å²) < 4.78 is 22.0. The summed E-state index contributed by atoms with van der Waals surface area (Å²) in [4.78, 5) is 68.6. The van der Waals surface area contributed by atoms with E-state index in [0.29, 0.717) is 98.2 Å². The topological polar surface area (TPSA) is 187 Å². The number of benzene rings is 1. The molecule has 1 aliphatic heterocycles. The van der Waals surface area contributed by atoms with E-state index in [1.807, 2.05) is 57.5 Å². The Labute approximate surface area is 335 Å². The molecule has 2 atom stereocenters. The van der Waals surface area contributed by atoms with Crippen LogP contribution in [0.25, 0.3) is 10.4 Å². The van der Waals surface area contributed by atoms with Crippen LogP contribution in [0.3, 0.4) is 0 Å². The lowest BCUT2D eigenvalue weighted by molar-refractivity contribution is -0.139. The first kappa shape index (κ1) is 46.4. The highest BCUT2D eigenvalue weighted by atomic mass is 32.1. The highest BCUT2D eigenvalue weighted by molar-refractivity contribution is 7.13. The third-order valence-electron chi connectivity index (χ3n) is 9.18. The summed E-state index contributed by atoms with van der Waals surface area (Å²) in [6.07, 6.45) is 4.34. The minimum atomic E-state index is -0.739. The summed E-state index contributed by atoms with van der Waals surface area (Å²) in [6.45, 7) is 12.8. The number of aryl methyl sites for hydroxylation is 1. The number of rotatable bonds is 28. The van der Waals surface area contributed by atoms with Gasteiger partial charge >= 0.3 is 0 Å². The van der Waals surface area contributed by atoms with Gasteiger partial charge in [-0.15, -0.1) is 11.3 Å². The number of thiazole rings is 1. The van der Waals surface area contributed by atoms with Crippen LogP contribution in [0.2, 0.25) is 0 Å². The molecule has 2 aromatic rings. The molecular weight excluding hydrogens is 741 g/mol. The van der Waals surface area contributed by atoms with Crippen molar-refractivity contribution >= 4 is 41.4 Å². The third-order valence-corrected chi connectivity index (χ3v) is 10.2. The van der Waals surface area contributed by atoms with Crippen molar-refractivity contribution in [2.24, 2.45) is 11.3 Å². The van der Waals surface area contributed by atoms with E-state index in [4.69, 9.17) is 18.9 Å². The SMILES string of the molecule is Cc1ncsc1-c1ccc(CNC(=O)[C@H]2CCN(C(=O)[C@H](NC(=O)CCOCCOCCOCCOCCNC(=O)CCCCCNC=O)C(C)(C)C)C2)cc1. The van der Waals surface area contributed by atoms with Gasteiger partial charge in [0, 0.05) is 45.6 Å². The second-order valence-corrected chi connectivity index (χ2v) is 15.6. The highest BCUT2D eigenvalue weighted by Gasteiger charge is 2.39. The van der Waals surface area contributed by atoms with E-state index in [9.17, 15) is 24.0 Å².